The number of hydrogen-bond donors (Lipinski definition) is 0. The van der Waals surface area contributed by atoms with Crippen molar-refractivity contribution in [2.75, 3.05) is 19.6 Å². The van der Waals surface area contributed by atoms with Crippen LogP contribution < -0.4 is 0 Å². The molecule has 0 radical (unpaired) electrons. The molecular weight excluding hydrogens is 170 g/mol. The Kier molecular flexibility index (Phi) is 5.31. The van der Waals surface area contributed by atoms with Gasteiger partial charge in [0.25, 0.3) is 0 Å². The van der Waals surface area contributed by atoms with Gasteiger partial charge < -0.3 is 4.90 Å². The van der Waals surface area contributed by atoms with Crippen LogP contribution in [-0.2, 0) is 6.42 Å². The monoisotopic (exact) mass is 191 g/mol. The summed E-state index contributed by atoms with van der Waals surface area (Å²) in [5.74, 6) is 0. The van der Waals surface area contributed by atoms with Crippen LogP contribution in [0.2, 0.25) is 0 Å². The van der Waals surface area contributed by atoms with E-state index >= 15 is 0 Å². The van der Waals surface area contributed by atoms with Crippen LogP contribution in [0.5, 0.6) is 0 Å². The summed E-state index contributed by atoms with van der Waals surface area (Å²) in [4.78, 5) is 2.51. The van der Waals surface area contributed by atoms with Gasteiger partial charge in [-0.3, -0.25) is 0 Å². The van der Waals surface area contributed by atoms with Crippen LogP contribution in [0, 0.1) is 0 Å². The van der Waals surface area contributed by atoms with Crippen molar-refractivity contribution in [3.8, 4) is 0 Å². The van der Waals surface area contributed by atoms with Gasteiger partial charge >= 0.3 is 0 Å². The number of rotatable bonds is 6. The van der Waals surface area contributed by atoms with Gasteiger partial charge in [0.15, 0.2) is 0 Å². The number of likely N-dealkylation sites (N-methyl/N-ethyl adjacent to an activating group) is 1. The van der Waals surface area contributed by atoms with Crippen molar-refractivity contribution in [3.05, 3.63) is 35.9 Å². The minimum Gasteiger partial charge on any atom is -0.303 e. The zero-order valence-corrected chi connectivity index (χ0v) is 9.37. The molecule has 0 aliphatic rings. The molecule has 1 aromatic carbocycles. The summed E-state index contributed by atoms with van der Waals surface area (Å²) in [7, 11) is 0. The van der Waals surface area contributed by atoms with Gasteiger partial charge in [-0.2, -0.15) is 0 Å². The average Bonchev–Trinajstić information content (AvgIpc) is 2.25. The van der Waals surface area contributed by atoms with E-state index in [1.807, 2.05) is 0 Å². The molecule has 14 heavy (non-hydrogen) atoms. The maximum atomic E-state index is 2.51. The second kappa shape index (κ2) is 6.61. The molecule has 0 aliphatic carbocycles. The molecule has 0 heterocycles. The molecule has 1 heteroatoms. The van der Waals surface area contributed by atoms with E-state index in [0.29, 0.717) is 0 Å². The maximum Gasteiger partial charge on any atom is 0.00217 e. The van der Waals surface area contributed by atoms with Gasteiger partial charge in [0.1, 0.15) is 0 Å². The van der Waals surface area contributed by atoms with E-state index in [9.17, 15) is 0 Å². The molecule has 1 nitrogen and oxygen atoms in total. The van der Waals surface area contributed by atoms with Crippen molar-refractivity contribution in [3.63, 3.8) is 0 Å². The second-order valence-corrected chi connectivity index (χ2v) is 3.67. The third-order valence-corrected chi connectivity index (χ3v) is 2.55. The van der Waals surface area contributed by atoms with Crippen LogP contribution in [0.25, 0.3) is 0 Å². The van der Waals surface area contributed by atoms with Crippen LogP contribution in [0.3, 0.4) is 0 Å². The van der Waals surface area contributed by atoms with E-state index in [4.69, 9.17) is 0 Å². The summed E-state index contributed by atoms with van der Waals surface area (Å²) in [6.45, 7) is 8.06. The summed E-state index contributed by atoms with van der Waals surface area (Å²) in [5.41, 5.74) is 1.45. The Balaban J connectivity index is 2.32. The molecule has 0 unspecified atom stereocenters. The molecule has 1 rings (SSSR count). The Labute approximate surface area is 87.7 Å². The SMILES string of the molecule is CCCN(CC)CCc1ccccc1. The van der Waals surface area contributed by atoms with Crippen LogP contribution >= 0.6 is 0 Å². The topological polar surface area (TPSA) is 3.24 Å². The third-order valence-electron chi connectivity index (χ3n) is 2.55. The highest BCUT2D eigenvalue weighted by atomic mass is 15.1. The molecule has 0 saturated carbocycles. The molecule has 0 spiro atoms. The molecular formula is C13H21N. The van der Waals surface area contributed by atoms with Gasteiger partial charge in [0.05, 0.1) is 0 Å². The summed E-state index contributed by atoms with van der Waals surface area (Å²) < 4.78 is 0. The van der Waals surface area contributed by atoms with Crippen molar-refractivity contribution in [2.24, 2.45) is 0 Å². The Bertz CT molecular complexity index is 230. The fourth-order valence-electron chi connectivity index (χ4n) is 1.68. The van der Waals surface area contributed by atoms with Crippen LogP contribution in [0.15, 0.2) is 30.3 Å². The van der Waals surface area contributed by atoms with E-state index in [2.05, 4.69) is 49.1 Å². The maximum absolute atomic E-state index is 2.51. The smallest absolute Gasteiger partial charge is 0.00217 e. The van der Waals surface area contributed by atoms with Gasteiger partial charge in [0, 0.05) is 6.54 Å². The summed E-state index contributed by atoms with van der Waals surface area (Å²) in [6.07, 6.45) is 2.43. The Morgan fingerprint density at radius 1 is 1.00 bits per heavy atom. The van der Waals surface area contributed by atoms with Crippen molar-refractivity contribution < 1.29 is 0 Å². The van der Waals surface area contributed by atoms with Gasteiger partial charge in [0.2, 0.25) is 0 Å². The van der Waals surface area contributed by atoms with Crippen LogP contribution in [0.1, 0.15) is 25.8 Å². The Morgan fingerprint density at radius 2 is 1.71 bits per heavy atom. The van der Waals surface area contributed by atoms with Gasteiger partial charge in [-0.05, 0) is 31.5 Å². The number of nitrogens with zero attached hydrogens (tertiary/aromatic N) is 1. The molecule has 0 aliphatic heterocycles. The van der Waals surface area contributed by atoms with E-state index < -0.39 is 0 Å². The summed E-state index contributed by atoms with van der Waals surface area (Å²) in [5, 5.41) is 0. The first-order chi connectivity index (χ1) is 6.86. The van der Waals surface area contributed by atoms with Gasteiger partial charge in [-0.25, -0.2) is 0 Å². The molecule has 0 bridgehead atoms. The quantitative estimate of drug-likeness (QED) is 0.668. The molecule has 0 fully saturated rings. The predicted molar refractivity (Wildman–Crippen MR) is 62.6 cm³/mol. The van der Waals surface area contributed by atoms with Gasteiger partial charge in [-0.15, -0.1) is 0 Å². The third kappa shape index (κ3) is 3.93. The van der Waals surface area contributed by atoms with E-state index in [0.717, 1.165) is 0 Å². The molecule has 0 aromatic heterocycles. The Morgan fingerprint density at radius 3 is 2.29 bits per heavy atom. The second-order valence-electron chi connectivity index (χ2n) is 3.67. The molecule has 0 atom stereocenters. The molecule has 78 valence electrons. The molecule has 0 amide bonds. The first-order valence-electron chi connectivity index (χ1n) is 5.63. The van der Waals surface area contributed by atoms with E-state index in [1.54, 1.807) is 0 Å². The zero-order valence-electron chi connectivity index (χ0n) is 9.37. The Hall–Kier alpha value is -0.820. The lowest BCUT2D eigenvalue weighted by molar-refractivity contribution is 0.292. The van der Waals surface area contributed by atoms with Crippen molar-refractivity contribution >= 4 is 0 Å². The number of hydrogen-bond acceptors (Lipinski definition) is 1. The standard InChI is InChI=1S/C13H21N/c1-3-11-14(4-2)12-10-13-8-6-5-7-9-13/h5-9H,3-4,10-12H2,1-2H3. The van der Waals surface area contributed by atoms with Crippen LogP contribution in [0.4, 0.5) is 0 Å². The summed E-state index contributed by atoms with van der Waals surface area (Å²) in [6, 6.07) is 10.7. The first-order valence-corrected chi connectivity index (χ1v) is 5.63. The lowest BCUT2D eigenvalue weighted by Crippen LogP contribution is -2.26. The highest BCUT2D eigenvalue weighted by Crippen LogP contribution is 2.01. The van der Waals surface area contributed by atoms with E-state index in [1.165, 1.54) is 38.0 Å². The first kappa shape index (κ1) is 11.3. The molecule has 1 aromatic rings. The lowest BCUT2D eigenvalue weighted by atomic mass is 10.1. The average molecular weight is 191 g/mol. The minimum atomic E-state index is 1.17. The normalized spacial score (nSPS) is 10.8. The van der Waals surface area contributed by atoms with Gasteiger partial charge in [-0.1, -0.05) is 44.2 Å². The molecule has 0 N–H and O–H groups in total. The van der Waals surface area contributed by atoms with E-state index in [-0.39, 0.29) is 0 Å². The largest absolute Gasteiger partial charge is 0.303 e. The fourth-order valence-corrected chi connectivity index (χ4v) is 1.68. The zero-order chi connectivity index (χ0) is 10.2. The highest BCUT2D eigenvalue weighted by Gasteiger charge is 2.00. The van der Waals surface area contributed by atoms with Crippen molar-refractivity contribution in [2.45, 2.75) is 26.7 Å². The van der Waals surface area contributed by atoms with Crippen LogP contribution in [-0.4, -0.2) is 24.5 Å². The number of benzene rings is 1. The fraction of sp³-hybridized carbons (Fsp3) is 0.538. The highest BCUT2D eigenvalue weighted by molar-refractivity contribution is 5.14. The van der Waals surface area contributed by atoms with Crippen molar-refractivity contribution in [1.82, 2.24) is 4.90 Å². The lowest BCUT2D eigenvalue weighted by Gasteiger charge is -2.19. The minimum absolute atomic E-state index is 1.17. The predicted octanol–water partition coefficient (Wildman–Crippen LogP) is 2.96. The van der Waals surface area contributed by atoms with Crippen molar-refractivity contribution in [1.29, 1.82) is 0 Å². The molecule has 0 saturated heterocycles. The summed E-state index contributed by atoms with van der Waals surface area (Å²) >= 11 is 0.